The number of thioether (sulfide) groups is 1. The van der Waals surface area contributed by atoms with Crippen molar-refractivity contribution < 1.29 is 4.79 Å². The van der Waals surface area contributed by atoms with Gasteiger partial charge in [0, 0.05) is 22.7 Å². The minimum atomic E-state index is -0.0261. The molecule has 1 atom stereocenters. The van der Waals surface area contributed by atoms with E-state index in [4.69, 9.17) is 0 Å². The molecule has 1 saturated heterocycles. The molecule has 0 saturated carbocycles. The van der Waals surface area contributed by atoms with E-state index in [-0.39, 0.29) is 11.9 Å². The maximum atomic E-state index is 11.3. The van der Waals surface area contributed by atoms with E-state index in [1.165, 1.54) is 0 Å². The van der Waals surface area contributed by atoms with E-state index in [1.54, 1.807) is 11.8 Å². The Hall–Kier alpha value is -0.0000000000000000763. The van der Waals surface area contributed by atoms with E-state index in [2.05, 4.69) is 33.1 Å². The molecule has 0 aromatic rings. The summed E-state index contributed by atoms with van der Waals surface area (Å²) < 4.78 is 0.793. The fourth-order valence-electron chi connectivity index (χ4n) is 0.870. The highest BCUT2D eigenvalue weighted by Gasteiger charge is 2.21. The van der Waals surface area contributed by atoms with Gasteiger partial charge in [-0.2, -0.15) is 0 Å². The first kappa shape index (κ1) is 10.1. The van der Waals surface area contributed by atoms with Gasteiger partial charge in [-0.05, 0) is 0 Å². The van der Waals surface area contributed by atoms with Crippen molar-refractivity contribution in [2.45, 2.75) is 6.04 Å². The lowest BCUT2D eigenvalue weighted by molar-refractivity contribution is -0.122. The highest BCUT2D eigenvalue weighted by Crippen LogP contribution is 2.09. The van der Waals surface area contributed by atoms with Crippen LogP contribution in [0, 0.1) is 0 Å². The number of hydrogen-bond acceptors (Lipinski definition) is 3. The second kappa shape index (κ2) is 4.89. The molecule has 12 heavy (non-hydrogen) atoms. The number of amides is 1. The molecule has 68 valence electrons. The van der Waals surface area contributed by atoms with Crippen molar-refractivity contribution in [3.8, 4) is 0 Å². The molecule has 5 heteroatoms. The predicted octanol–water partition coefficient (Wildman–Crippen LogP) is 0.674. The minimum absolute atomic E-state index is 0.0261. The van der Waals surface area contributed by atoms with E-state index in [0.717, 1.165) is 16.1 Å². The molecule has 3 nitrogen and oxygen atoms in total. The molecular formula is C7H11BrN2OS. The molecule has 0 aromatic carbocycles. The summed E-state index contributed by atoms with van der Waals surface area (Å²) in [5, 5.41) is 5.85. The van der Waals surface area contributed by atoms with Gasteiger partial charge < -0.3 is 5.32 Å². The molecule has 2 N–H and O–H groups in total. The van der Waals surface area contributed by atoms with Gasteiger partial charge in [-0.15, -0.1) is 11.8 Å². The summed E-state index contributed by atoms with van der Waals surface area (Å²) in [4.78, 5) is 11.3. The highest BCUT2D eigenvalue weighted by atomic mass is 79.9. The normalized spacial score (nSPS) is 22.2. The second-order valence-corrected chi connectivity index (χ2v) is 4.66. The standard InChI is InChI=1S/C7H11BrN2OS/c1-5(8)2-9-7(11)6-3-12-4-10-6/h6,10H,1-4H2,(H,9,11)/t6-/m1/s1. The first-order valence-electron chi connectivity index (χ1n) is 3.62. The molecule has 0 radical (unpaired) electrons. The van der Waals surface area contributed by atoms with E-state index in [0.29, 0.717) is 6.54 Å². The Morgan fingerprint density at radius 3 is 3.08 bits per heavy atom. The van der Waals surface area contributed by atoms with Crippen LogP contribution >= 0.6 is 27.7 Å². The van der Waals surface area contributed by atoms with E-state index >= 15 is 0 Å². The van der Waals surface area contributed by atoms with Crippen LogP contribution in [0.4, 0.5) is 0 Å². The molecule has 1 aliphatic rings. The third-order valence-corrected chi connectivity index (χ3v) is 2.71. The van der Waals surface area contributed by atoms with Crippen LogP contribution in [0.1, 0.15) is 0 Å². The topological polar surface area (TPSA) is 41.1 Å². The Labute approximate surface area is 84.5 Å². The summed E-state index contributed by atoms with van der Waals surface area (Å²) in [5.41, 5.74) is 0. The van der Waals surface area contributed by atoms with E-state index < -0.39 is 0 Å². The van der Waals surface area contributed by atoms with Gasteiger partial charge >= 0.3 is 0 Å². The zero-order valence-electron chi connectivity index (χ0n) is 6.60. The molecule has 0 bridgehead atoms. The highest BCUT2D eigenvalue weighted by molar-refractivity contribution is 9.11. The van der Waals surface area contributed by atoms with Crippen LogP contribution in [0.15, 0.2) is 11.1 Å². The van der Waals surface area contributed by atoms with Crippen LogP contribution in [-0.4, -0.2) is 30.1 Å². The van der Waals surface area contributed by atoms with Gasteiger partial charge in [-0.3, -0.25) is 10.1 Å². The molecule has 1 fully saturated rings. The summed E-state index contributed by atoms with van der Waals surface area (Å²) >= 11 is 4.92. The van der Waals surface area contributed by atoms with Crippen molar-refractivity contribution in [3.63, 3.8) is 0 Å². The van der Waals surface area contributed by atoms with Crippen molar-refractivity contribution in [2.24, 2.45) is 0 Å². The Morgan fingerprint density at radius 1 is 1.83 bits per heavy atom. The summed E-state index contributed by atoms with van der Waals surface area (Å²) in [5.74, 6) is 1.79. The van der Waals surface area contributed by atoms with Crippen LogP contribution in [-0.2, 0) is 4.79 Å². The number of halogens is 1. The molecule has 0 aromatic heterocycles. The van der Waals surface area contributed by atoms with Crippen molar-refractivity contribution in [1.29, 1.82) is 0 Å². The van der Waals surface area contributed by atoms with Crippen LogP contribution < -0.4 is 10.6 Å². The predicted molar refractivity (Wildman–Crippen MR) is 55.3 cm³/mol. The van der Waals surface area contributed by atoms with Crippen molar-refractivity contribution in [3.05, 3.63) is 11.1 Å². The van der Waals surface area contributed by atoms with Crippen molar-refractivity contribution in [2.75, 3.05) is 18.2 Å². The first-order valence-corrected chi connectivity index (χ1v) is 5.57. The molecule has 1 heterocycles. The third-order valence-electron chi connectivity index (χ3n) is 1.49. The average Bonchev–Trinajstić information content (AvgIpc) is 2.51. The van der Waals surface area contributed by atoms with Gasteiger partial charge in [-0.1, -0.05) is 22.5 Å². The lowest BCUT2D eigenvalue weighted by atomic mass is 10.3. The number of rotatable bonds is 3. The lowest BCUT2D eigenvalue weighted by Crippen LogP contribution is -2.42. The van der Waals surface area contributed by atoms with Crippen LogP contribution in [0.2, 0.25) is 0 Å². The minimum Gasteiger partial charge on any atom is -0.350 e. The van der Waals surface area contributed by atoms with E-state index in [9.17, 15) is 4.79 Å². The van der Waals surface area contributed by atoms with Gasteiger partial charge in [0.1, 0.15) is 0 Å². The van der Waals surface area contributed by atoms with Crippen LogP contribution in [0.5, 0.6) is 0 Å². The number of carbonyl (C=O) groups is 1. The smallest absolute Gasteiger partial charge is 0.238 e. The molecule has 0 spiro atoms. The summed E-state index contributed by atoms with van der Waals surface area (Å²) in [6.45, 7) is 4.13. The van der Waals surface area contributed by atoms with E-state index in [1.807, 2.05) is 0 Å². The fourth-order valence-corrected chi connectivity index (χ4v) is 1.95. The Morgan fingerprint density at radius 2 is 2.58 bits per heavy atom. The van der Waals surface area contributed by atoms with Gasteiger partial charge in [0.05, 0.1) is 6.04 Å². The molecule has 0 aliphatic carbocycles. The Bertz CT molecular complexity index is 192. The first-order chi connectivity index (χ1) is 5.70. The average molecular weight is 251 g/mol. The summed E-state index contributed by atoms with van der Waals surface area (Å²) in [7, 11) is 0. The maximum Gasteiger partial charge on any atom is 0.238 e. The number of carbonyl (C=O) groups excluding carboxylic acids is 1. The number of hydrogen-bond donors (Lipinski definition) is 2. The number of nitrogens with one attached hydrogen (secondary N) is 2. The second-order valence-electron chi connectivity index (χ2n) is 2.51. The third kappa shape index (κ3) is 3.16. The molecule has 1 rings (SSSR count). The monoisotopic (exact) mass is 250 g/mol. The SMILES string of the molecule is C=C(Br)CNC(=O)[C@H]1CSCN1. The maximum absolute atomic E-state index is 11.3. The van der Waals surface area contributed by atoms with Crippen molar-refractivity contribution in [1.82, 2.24) is 10.6 Å². The molecule has 0 unspecified atom stereocenters. The summed E-state index contributed by atoms with van der Waals surface area (Å²) in [6, 6.07) is -0.0261. The zero-order valence-corrected chi connectivity index (χ0v) is 9.00. The largest absolute Gasteiger partial charge is 0.350 e. The van der Waals surface area contributed by atoms with Crippen molar-refractivity contribution >= 4 is 33.6 Å². The van der Waals surface area contributed by atoms with Crippen LogP contribution in [0.25, 0.3) is 0 Å². The van der Waals surface area contributed by atoms with Gasteiger partial charge in [0.15, 0.2) is 0 Å². The quantitative estimate of drug-likeness (QED) is 0.774. The molecule has 1 aliphatic heterocycles. The Kier molecular flexibility index (Phi) is 4.11. The summed E-state index contributed by atoms with van der Waals surface area (Å²) in [6.07, 6.45) is 0. The zero-order chi connectivity index (χ0) is 8.97. The van der Waals surface area contributed by atoms with Crippen LogP contribution in [0.3, 0.4) is 0 Å². The Balaban J connectivity index is 2.23. The van der Waals surface area contributed by atoms with Gasteiger partial charge in [-0.25, -0.2) is 0 Å². The fraction of sp³-hybridized carbons (Fsp3) is 0.571. The lowest BCUT2D eigenvalue weighted by Gasteiger charge is -2.09. The van der Waals surface area contributed by atoms with Gasteiger partial charge in [0.2, 0.25) is 5.91 Å². The molecular weight excluding hydrogens is 240 g/mol. The van der Waals surface area contributed by atoms with Gasteiger partial charge in [0.25, 0.3) is 0 Å². The molecule has 1 amide bonds.